The summed E-state index contributed by atoms with van der Waals surface area (Å²) in [6.07, 6.45) is 1.27. The van der Waals surface area contributed by atoms with Crippen LogP contribution in [0.15, 0.2) is 0 Å². The van der Waals surface area contributed by atoms with E-state index in [-0.39, 0.29) is 6.54 Å². The highest BCUT2D eigenvalue weighted by molar-refractivity contribution is 5.95. The Morgan fingerprint density at radius 1 is 1.42 bits per heavy atom. The van der Waals surface area contributed by atoms with Gasteiger partial charge in [0.25, 0.3) is 0 Å². The van der Waals surface area contributed by atoms with Crippen LogP contribution in [0.5, 0.6) is 0 Å². The SMILES string of the molecule is COCCNC(=O)NC(=O)CN1CCCC1C(=O)O. The number of imide groups is 1. The molecule has 1 unspecified atom stereocenters. The van der Waals surface area contributed by atoms with E-state index in [1.807, 2.05) is 0 Å². The van der Waals surface area contributed by atoms with Crippen molar-refractivity contribution in [2.45, 2.75) is 18.9 Å². The lowest BCUT2D eigenvalue weighted by Gasteiger charge is -2.19. The van der Waals surface area contributed by atoms with Gasteiger partial charge in [-0.25, -0.2) is 4.79 Å². The minimum atomic E-state index is -0.935. The molecule has 1 heterocycles. The normalized spacial score (nSPS) is 19.1. The molecule has 108 valence electrons. The van der Waals surface area contributed by atoms with Crippen LogP contribution in [0.4, 0.5) is 4.79 Å². The number of ether oxygens (including phenoxy) is 1. The third-order valence-corrected chi connectivity index (χ3v) is 2.84. The highest BCUT2D eigenvalue weighted by Gasteiger charge is 2.31. The second-order valence-corrected chi connectivity index (χ2v) is 4.26. The van der Waals surface area contributed by atoms with E-state index in [0.29, 0.717) is 26.1 Å². The first-order valence-corrected chi connectivity index (χ1v) is 6.08. The van der Waals surface area contributed by atoms with Gasteiger partial charge in [0.1, 0.15) is 6.04 Å². The third-order valence-electron chi connectivity index (χ3n) is 2.84. The molecule has 8 nitrogen and oxygen atoms in total. The highest BCUT2D eigenvalue weighted by atomic mass is 16.5. The van der Waals surface area contributed by atoms with Gasteiger partial charge in [0.15, 0.2) is 0 Å². The summed E-state index contributed by atoms with van der Waals surface area (Å²) in [5.74, 6) is -1.45. The second-order valence-electron chi connectivity index (χ2n) is 4.26. The number of hydrogen-bond donors (Lipinski definition) is 3. The Hall–Kier alpha value is -1.67. The molecule has 3 N–H and O–H groups in total. The molecule has 0 bridgehead atoms. The van der Waals surface area contributed by atoms with Crippen molar-refractivity contribution in [1.29, 1.82) is 0 Å². The van der Waals surface area contributed by atoms with Crippen LogP contribution in [0.1, 0.15) is 12.8 Å². The molecule has 0 aromatic heterocycles. The van der Waals surface area contributed by atoms with E-state index in [9.17, 15) is 14.4 Å². The average Bonchev–Trinajstić information content (AvgIpc) is 2.77. The van der Waals surface area contributed by atoms with Crippen molar-refractivity contribution in [2.75, 3.05) is 33.4 Å². The Labute approximate surface area is 111 Å². The number of rotatable bonds is 6. The molecule has 1 rings (SSSR count). The molecule has 3 amide bonds. The van der Waals surface area contributed by atoms with Crippen LogP contribution in [0, 0.1) is 0 Å². The molecule has 19 heavy (non-hydrogen) atoms. The molecule has 1 aliphatic heterocycles. The standard InChI is InChI=1S/C11H19N3O5/c1-19-6-4-12-11(18)13-9(15)7-14-5-2-3-8(14)10(16)17/h8H,2-7H2,1H3,(H,16,17)(H2,12,13,15,18). The lowest BCUT2D eigenvalue weighted by Crippen LogP contribution is -2.47. The first-order chi connectivity index (χ1) is 9.04. The zero-order chi connectivity index (χ0) is 14.3. The molecule has 0 spiro atoms. The smallest absolute Gasteiger partial charge is 0.321 e. The van der Waals surface area contributed by atoms with Crippen LogP contribution in [-0.2, 0) is 14.3 Å². The van der Waals surface area contributed by atoms with E-state index in [2.05, 4.69) is 10.6 Å². The number of urea groups is 1. The Morgan fingerprint density at radius 3 is 2.79 bits per heavy atom. The van der Waals surface area contributed by atoms with Crippen LogP contribution < -0.4 is 10.6 Å². The van der Waals surface area contributed by atoms with Gasteiger partial charge in [-0.3, -0.25) is 19.8 Å². The molecular formula is C11H19N3O5. The van der Waals surface area contributed by atoms with Gasteiger partial charge in [0.05, 0.1) is 13.2 Å². The second kappa shape index (κ2) is 7.70. The van der Waals surface area contributed by atoms with Gasteiger partial charge < -0.3 is 15.2 Å². The molecule has 0 aromatic carbocycles. The summed E-state index contributed by atoms with van der Waals surface area (Å²) in [7, 11) is 1.50. The number of nitrogens with one attached hydrogen (secondary N) is 2. The van der Waals surface area contributed by atoms with Crippen LogP contribution in [0.2, 0.25) is 0 Å². The van der Waals surface area contributed by atoms with Crippen molar-refractivity contribution in [3.05, 3.63) is 0 Å². The summed E-state index contributed by atoms with van der Waals surface area (Å²) in [5, 5.41) is 13.5. The summed E-state index contributed by atoms with van der Waals surface area (Å²) < 4.78 is 4.74. The maximum Gasteiger partial charge on any atom is 0.321 e. The quantitative estimate of drug-likeness (QED) is 0.536. The predicted molar refractivity (Wildman–Crippen MR) is 65.6 cm³/mol. The summed E-state index contributed by atoms with van der Waals surface area (Å²) in [5.41, 5.74) is 0. The summed E-state index contributed by atoms with van der Waals surface area (Å²) in [6, 6.07) is -1.24. The number of carboxylic acid groups (broad SMARTS) is 1. The van der Waals surface area contributed by atoms with Crippen molar-refractivity contribution in [3.63, 3.8) is 0 Å². The van der Waals surface area contributed by atoms with Gasteiger partial charge in [0.2, 0.25) is 5.91 Å². The molecule has 1 aliphatic rings. The minimum absolute atomic E-state index is 0.0886. The molecule has 0 aromatic rings. The van der Waals surface area contributed by atoms with Crippen LogP contribution in [0.3, 0.4) is 0 Å². The number of carbonyl (C=O) groups excluding carboxylic acids is 2. The zero-order valence-corrected chi connectivity index (χ0v) is 10.8. The van der Waals surface area contributed by atoms with Gasteiger partial charge in [-0.05, 0) is 19.4 Å². The van der Waals surface area contributed by atoms with Gasteiger partial charge >= 0.3 is 12.0 Å². The summed E-state index contributed by atoms with van der Waals surface area (Å²) in [6.45, 7) is 1.12. The molecule has 1 atom stereocenters. The molecule has 0 aliphatic carbocycles. The molecular weight excluding hydrogens is 254 g/mol. The fraction of sp³-hybridized carbons (Fsp3) is 0.727. The Morgan fingerprint density at radius 2 is 2.16 bits per heavy atom. The monoisotopic (exact) mass is 273 g/mol. The molecule has 1 saturated heterocycles. The Kier molecular flexibility index (Phi) is 6.23. The molecule has 0 radical (unpaired) electrons. The molecule has 8 heteroatoms. The van der Waals surface area contributed by atoms with E-state index in [1.165, 1.54) is 7.11 Å². The van der Waals surface area contributed by atoms with Gasteiger partial charge in [-0.2, -0.15) is 0 Å². The molecule has 0 saturated carbocycles. The molecule has 1 fully saturated rings. The van der Waals surface area contributed by atoms with E-state index >= 15 is 0 Å². The average molecular weight is 273 g/mol. The largest absolute Gasteiger partial charge is 0.480 e. The van der Waals surface area contributed by atoms with Crippen molar-refractivity contribution in [2.24, 2.45) is 0 Å². The lowest BCUT2D eigenvalue weighted by molar-refractivity contribution is -0.142. The van der Waals surface area contributed by atoms with E-state index in [4.69, 9.17) is 9.84 Å². The lowest BCUT2D eigenvalue weighted by atomic mass is 10.2. The van der Waals surface area contributed by atoms with E-state index in [1.54, 1.807) is 4.90 Å². The first kappa shape index (κ1) is 15.4. The summed E-state index contributed by atoms with van der Waals surface area (Å²) >= 11 is 0. The maximum absolute atomic E-state index is 11.6. The number of likely N-dealkylation sites (tertiary alicyclic amines) is 1. The van der Waals surface area contributed by atoms with E-state index < -0.39 is 23.9 Å². The Balaban J connectivity index is 2.30. The van der Waals surface area contributed by atoms with Crippen molar-refractivity contribution in [1.82, 2.24) is 15.5 Å². The van der Waals surface area contributed by atoms with Crippen LogP contribution in [0.25, 0.3) is 0 Å². The number of amides is 3. The van der Waals surface area contributed by atoms with Crippen molar-refractivity contribution >= 4 is 17.9 Å². The maximum atomic E-state index is 11.6. The minimum Gasteiger partial charge on any atom is -0.480 e. The predicted octanol–water partition coefficient (Wildman–Crippen LogP) is -0.992. The fourth-order valence-electron chi connectivity index (χ4n) is 1.96. The number of methoxy groups -OCH3 is 1. The summed E-state index contributed by atoms with van der Waals surface area (Å²) in [4.78, 5) is 35.3. The van der Waals surface area contributed by atoms with Crippen LogP contribution in [-0.4, -0.2) is 67.3 Å². The van der Waals surface area contributed by atoms with Crippen molar-refractivity contribution < 1.29 is 24.2 Å². The number of carboxylic acids is 1. The number of carbonyl (C=O) groups is 3. The highest BCUT2D eigenvalue weighted by Crippen LogP contribution is 2.16. The van der Waals surface area contributed by atoms with Crippen LogP contribution >= 0.6 is 0 Å². The Bertz CT molecular complexity index is 347. The van der Waals surface area contributed by atoms with E-state index in [0.717, 1.165) is 6.42 Å². The van der Waals surface area contributed by atoms with Gasteiger partial charge in [-0.15, -0.1) is 0 Å². The number of nitrogens with zero attached hydrogens (tertiary/aromatic N) is 1. The van der Waals surface area contributed by atoms with Gasteiger partial charge in [0, 0.05) is 13.7 Å². The number of aliphatic carboxylic acids is 1. The zero-order valence-electron chi connectivity index (χ0n) is 10.8. The third kappa shape index (κ3) is 5.23. The van der Waals surface area contributed by atoms with Gasteiger partial charge in [-0.1, -0.05) is 0 Å². The first-order valence-electron chi connectivity index (χ1n) is 6.08. The fourth-order valence-corrected chi connectivity index (χ4v) is 1.96. The number of hydrogen-bond acceptors (Lipinski definition) is 5. The topological polar surface area (TPSA) is 108 Å². The van der Waals surface area contributed by atoms with Crippen molar-refractivity contribution in [3.8, 4) is 0 Å².